The predicted octanol–water partition coefficient (Wildman–Crippen LogP) is 0.631. The zero-order valence-electron chi connectivity index (χ0n) is 7.28. The minimum Gasteiger partial charge on any atom is -0.372 e. The molecule has 72 valence electrons. The van der Waals surface area contributed by atoms with Crippen LogP contribution < -0.4 is 11.4 Å². The highest BCUT2D eigenvalue weighted by Crippen LogP contribution is 2.08. The van der Waals surface area contributed by atoms with Crippen LogP contribution in [0, 0.1) is 5.82 Å². The summed E-state index contributed by atoms with van der Waals surface area (Å²) in [6.45, 7) is 0. The van der Waals surface area contributed by atoms with E-state index in [1.807, 2.05) is 0 Å². The van der Waals surface area contributed by atoms with Gasteiger partial charge in [0.1, 0.15) is 5.82 Å². The van der Waals surface area contributed by atoms with Gasteiger partial charge in [0.25, 0.3) is 0 Å². The van der Waals surface area contributed by atoms with Gasteiger partial charge in [-0.2, -0.15) is 0 Å². The molecule has 1 heterocycles. The molecule has 0 N–H and O–H groups in total. The fraction of sp³-hybridized carbons (Fsp3) is 0.111. The lowest BCUT2D eigenvalue weighted by Gasteiger charge is -2.00. The highest BCUT2D eigenvalue weighted by Gasteiger charge is 2.06. The van der Waals surface area contributed by atoms with Crippen molar-refractivity contribution in [2.45, 2.75) is 0 Å². The largest absolute Gasteiger partial charge is 0.422 e. The molecule has 0 saturated carbocycles. The average Bonchev–Trinajstić information content (AvgIpc) is 2.14. The topological polar surface area (TPSA) is 52.2 Å². The lowest BCUT2D eigenvalue weighted by Crippen LogP contribution is -2.22. The minimum absolute atomic E-state index is 0.188. The number of hydrogen-bond donors (Lipinski definition) is 0. The molecule has 0 saturated heterocycles. The van der Waals surface area contributed by atoms with Gasteiger partial charge >= 0.3 is 11.4 Å². The molecule has 0 spiro atoms. The first-order valence-electron chi connectivity index (χ1n) is 3.89. The number of rotatable bonds is 0. The second kappa shape index (κ2) is 2.80. The van der Waals surface area contributed by atoms with Gasteiger partial charge in [-0.25, -0.2) is 14.0 Å². The van der Waals surface area contributed by atoms with Crippen LogP contribution in [0.15, 0.2) is 32.2 Å². The molecular formula is C9H6FNO3. The Bertz CT molecular complexity index is 611. The highest BCUT2D eigenvalue weighted by molar-refractivity contribution is 5.77. The third-order valence-corrected chi connectivity index (χ3v) is 1.99. The molecule has 0 radical (unpaired) electrons. The molecule has 0 aliphatic rings. The van der Waals surface area contributed by atoms with E-state index in [-0.39, 0.29) is 10.9 Å². The van der Waals surface area contributed by atoms with Crippen LogP contribution in [0.3, 0.4) is 0 Å². The third-order valence-electron chi connectivity index (χ3n) is 1.99. The van der Waals surface area contributed by atoms with E-state index in [0.717, 1.165) is 16.7 Å². The van der Waals surface area contributed by atoms with Gasteiger partial charge in [0, 0.05) is 7.05 Å². The fourth-order valence-corrected chi connectivity index (χ4v) is 1.26. The maximum absolute atomic E-state index is 12.8. The molecule has 0 unspecified atom stereocenters. The number of fused-ring (bicyclic) bond motifs is 1. The third kappa shape index (κ3) is 1.14. The molecule has 0 aliphatic carbocycles. The summed E-state index contributed by atoms with van der Waals surface area (Å²) < 4.78 is 18.3. The summed E-state index contributed by atoms with van der Waals surface area (Å²) in [6, 6.07) is 3.55. The Labute approximate surface area is 77.2 Å². The molecule has 0 amide bonds. The first-order chi connectivity index (χ1) is 6.59. The summed E-state index contributed by atoms with van der Waals surface area (Å²) in [7, 11) is 1.41. The van der Waals surface area contributed by atoms with Crippen LogP contribution in [0.5, 0.6) is 0 Å². The molecule has 1 aromatic carbocycles. The molecule has 2 rings (SSSR count). The molecule has 2 aromatic rings. The predicted molar refractivity (Wildman–Crippen MR) is 47.7 cm³/mol. The van der Waals surface area contributed by atoms with E-state index in [4.69, 9.17) is 0 Å². The van der Waals surface area contributed by atoms with Gasteiger partial charge in [0.15, 0.2) is 0 Å². The normalized spacial score (nSPS) is 10.7. The molecule has 0 fully saturated rings. The van der Waals surface area contributed by atoms with E-state index in [1.54, 1.807) is 0 Å². The van der Waals surface area contributed by atoms with Gasteiger partial charge in [0.2, 0.25) is 0 Å². The summed E-state index contributed by atoms with van der Waals surface area (Å²) in [4.78, 5) is 22.2. The van der Waals surface area contributed by atoms with Crippen LogP contribution in [-0.4, -0.2) is 4.57 Å². The van der Waals surface area contributed by atoms with Crippen molar-refractivity contribution < 1.29 is 8.81 Å². The van der Waals surface area contributed by atoms with Crippen LogP contribution in [0.2, 0.25) is 0 Å². The van der Waals surface area contributed by atoms with E-state index < -0.39 is 17.2 Å². The SMILES string of the molecule is Cn1c(=O)oc(=O)c2ccc(F)cc21. The quantitative estimate of drug-likeness (QED) is 0.619. The van der Waals surface area contributed by atoms with Crippen LogP contribution in [0.4, 0.5) is 4.39 Å². The number of halogens is 1. The summed E-state index contributed by atoms with van der Waals surface area (Å²) in [5.41, 5.74) is -0.519. The first-order valence-corrected chi connectivity index (χ1v) is 3.89. The Morgan fingerprint density at radius 3 is 2.79 bits per heavy atom. The summed E-state index contributed by atoms with van der Waals surface area (Å²) in [5.74, 6) is -1.30. The van der Waals surface area contributed by atoms with Gasteiger partial charge in [-0.15, -0.1) is 0 Å². The van der Waals surface area contributed by atoms with Crippen molar-refractivity contribution in [3.8, 4) is 0 Å². The van der Waals surface area contributed by atoms with Gasteiger partial charge in [-0.1, -0.05) is 0 Å². The maximum atomic E-state index is 12.8. The molecule has 0 bridgehead atoms. The van der Waals surface area contributed by atoms with Gasteiger partial charge in [-0.3, -0.25) is 4.57 Å². The van der Waals surface area contributed by atoms with E-state index in [9.17, 15) is 14.0 Å². The molecule has 5 heteroatoms. The van der Waals surface area contributed by atoms with Crippen molar-refractivity contribution in [2.75, 3.05) is 0 Å². The Hall–Kier alpha value is -1.91. The van der Waals surface area contributed by atoms with Crippen LogP contribution >= 0.6 is 0 Å². The number of benzene rings is 1. The van der Waals surface area contributed by atoms with Crippen molar-refractivity contribution in [3.05, 3.63) is 45.0 Å². The Morgan fingerprint density at radius 2 is 2.07 bits per heavy atom. The first kappa shape index (κ1) is 8.68. The number of aryl methyl sites for hydroxylation is 1. The smallest absolute Gasteiger partial charge is 0.372 e. The van der Waals surface area contributed by atoms with Crippen molar-refractivity contribution in [1.82, 2.24) is 4.57 Å². The Morgan fingerprint density at radius 1 is 1.36 bits per heavy atom. The zero-order valence-corrected chi connectivity index (χ0v) is 7.28. The Balaban J connectivity index is 3.11. The average molecular weight is 195 g/mol. The lowest BCUT2D eigenvalue weighted by atomic mass is 10.2. The highest BCUT2D eigenvalue weighted by atomic mass is 19.1. The van der Waals surface area contributed by atoms with E-state index in [2.05, 4.69) is 4.42 Å². The zero-order chi connectivity index (χ0) is 10.3. The Kier molecular flexibility index (Phi) is 1.73. The summed E-state index contributed by atoms with van der Waals surface area (Å²) in [6.07, 6.45) is 0. The number of nitrogens with zero attached hydrogens (tertiary/aromatic N) is 1. The van der Waals surface area contributed by atoms with Crippen LogP contribution in [0.1, 0.15) is 0 Å². The second-order valence-corrected chi connectivity index (χ2v) is 2.88. The fourth-order valence-electron chi connectivity index (χ4n) is 1.26. The molecule has 1 aromatic heterocycles. The molecule has 14 heavy (non-hydrogen) atoms. The molecule has 0 atom stereocenters. The second-order valence-electron chi connectivity index (χ2n) is 2.88. The van der Waals surface area contributed by atoms with Gasteiger partial charge < -0.3 is 4.42 Å². The number of hydrogen-bond acceptors (Lipinski definition) is 3. The van der Waals surface area contributed by atoms with E-state index in [1.165, 1.54) is 13.1 Å². The van der Waals surface area contributed by atoms with Gasteiger partial charge in [0.05, 0.1) is 10.9 Å². The van der Waals surface area contributed by atoms with Crippen molar-refractivity contribution in [2.24, 2.45) is 7.05 Å². The summed E-state index contributed by atoms with van der Waals surface area (Å²) >= 11 is 0. The summed E-state index contributed by atoms with van der Waals surface area (Å²) in [5, 5.41) is 0.188. The van der Waals surface area contributed by atoms with Crippen molar-refractivity contribution in [1.29, 1.82) is 0 Å². The molecular weight excluding hydrogens is 189 g/mol. The standard InChI is InChI=1S/C9H6FNO3/c1-11-7-4-5(10)2-3-6(7)8(12)14-9(11)13/h2-4H,1H3. The van der Waals surface area contributed by atoms with Crippen LogP contribution in [-0.2, 0) is 7.05 Å². The lowest BCUT2D eigenvalue weighted by molar-refractivity contribution is 0.432. The van der Waals surface area contributed by atoms with E-state index in [0.29, 0.717) is 0 Å². The maximum Gasteiger partial charge on any atom is 0.422 e. The number of aromatic nitrogens is 1. The minimum atomic E-state index is -0.798. The molecule has 4 nitrogen and oxygen atoms in total. The van der Waals surface area contributed by atoms with Gasteiger partial charge in [-0.05, 0) is 18.2 Å². The molecule has 0 aliphatic heterocycles. The van der Waals surface area contributed by atoms with Crippen molar-refractivity contribution in [3.63, 3.8) is 0 Å². The monoisotopic (exact) mass is 195 g/mol. The van der Waals surface area contributed by atoms with E-state index >= 15 is 0 Å². The van der Waals surface area contributed by atoms with Crippen LogP contribution in [0.25, 0.3) is 10.9 Å². The van der Waals surface area contributed by atoms with Crippen molar-refractivity contribution >= 4 is 10.9 Å².